The molecule has 0 spiro atoms. The molecule has 0 fully saturated rings. The zero-order valence-corrected chi connectivity index (χ0v) is 17.9. The Labute approximate surface area is 189 Å². The fraction of sp³-hybridized carbons (Fsp3) is 0.0870. The summed E-state index contributed by atoms with van der Waals surface area (Å²) >= 11 is 0. The van der Waals surface area contributed by atoms with Crippen LogP contribution in [-0.2, 0) is 16.4 Å². The zero-order chi connectivity index (χ0) is 23.8. The molecule has 4 rings (SSSR count). The van der Waals surface area contributed by atoms with E-state index < -0.39 is 21.7 Å². The molecule has 0 aliphatic carbocycles. The number of carbonyl (C=O) groups is 3. The number of phenolic OH excluding ortho intramolecular Hbond substituents is 1. The topological polar surface area (TPSA) is 141 Å². The Bertz CT molecular complexity index is 1350. The first kappa shape index (κ1) is 22.0. The number of hydrogen-bond acceptors (Lipinski definition) is 6. The van der Waals surface area contributed by atoms with Crippen LogP contribution in [0.5, 0.6) is 5.75 Å². The number of benzene rings is 3. The molecule has 0 unspecified atom stereocenters. The smallest absolute Gasteiger partial charge is 0.335 e. The van der Waals surface area contributed by atoms with E-state index in [0.29, 0.717) is 17.5 Å². The van der Waals surface area contributed by atoms with Crippen LogP contribution in [0.15, 0.2) is 71.6 Å². The van der Waals surface area contributed by atoms with E-state index in [1.165, 1.54) is 23.1 Å². The van der Waals surface area contributed by atoms with Gasteiger partial charge in [0, 0.05) is 6.54 Å². The van der Waals surface area contributed by atoms with Gasteiger partial charge in [0.1, 0.15) is 5.75 Å². The number of anilines is 1. The molecule has 0 bridgehead atoms. The summed E-state index contributed by atoms with van der Waals surface area (Å²) in [5.74, 6) is -2.48. The predicted octanol–water partition coefficient (Wildman–Crippen LogP) is 2.73. The lowest BCUT2D eigenvalue weighted by molar-refractivity contribution is 0.0652. The lowest BCUT2D eigenvalue weighted by Crippen LogP contribution is -2.31. The van der Waals surface area contributed by atoms with Crippen LogP contribution >= 0.6 is 0 Å². The van der Waals surface area contributed by atoms with E-state index in [0.717, 1.165) is 17.7 Å². The van der Waals surface area contributed by atoms with Gasteiger partial charge >= 0.3 is 5.97 Å². The molecule has 0 aromatic heterocycles. The number of imide groups is 1. The van der Waals surface area contributed by atoms with Gasteiger partial charge in [0.25, 0.3) is 21.8 Å². The second-order valence-electron chi connectivity index (χ2n) is 7.34. The Morgan fingerprint density at radius 2 is 1.52 bits per heavy atom. The maximum atomic E-state index is 12.6. The van der Waals surface area contributed by atoms with Crippen molar-refractivity contribution in [2.75, 3.05) is 11.3 Å². The molecule has 1 aliphatic rings. The van der Waals surface area contributed by atoms with Crippen molar-refractivity contribution >= 4 is 33.5 Å². The Morgan fingerprint density at radius 1 is 0.909 bits per heavy atom. The second-order valence-corrected chi connectivity index (χ2v) is 9.03. The van der Waals surface area contributed by atoms with Crippen LogP contribution < -0.4 is 4.72 Å². The highest BCUT2D eigenvalue weighted by atomic mass is 32.2. The molecule has 168 valence electrons. The SMILES string of the molecule is O=C(O)c1ccc(NS(=O)(=O)c2ccc(CCN3C(=O)c4ccccc4C3=O)cc2)c(O)c1. The number of rotatable bonds is 7. The molecule has 1 aliphatic heterocycles. The van der Waals surface area contributed by atoms with Gasteiger partial charge < -0.3 is 10.2 Å². The van der Waals surface area contributed by atoms with Crippen LogP contribution in [-0.4, -0.2) is 47.9 Å². The fourth-order valence-electron chi connectivity index (χ4n) is 3.47. The largest absolute Gasteiger partial charge is 0.506 e. The first-order valence-corrected chi connectivity index (χ1v) is 11.3. The van der Waals surface area contributed by atoms with Crippen molar-refractivity contribution in [3.8, 4) is 5.75 Å². The number of hydrogen-bond donors (Lipinski definition) is 3. The molecule has 1 heterocycles. The number of aromatic carboxylic acids is 1. The van der Waals surface area contributed by atoms with Gasteiger partial charge in [0.05, 0.1) is 27.3 Å². The molecule has 9 nitrogen and oxygen atoms in total. The maximum absolute atomic E-state index is 12.6. The van der Waals surface area contributed by atoms with Crippen LogP contribution in [0, 0.1) is 0 Å². The van der Waals surface area contributed by atoms with Crippen molar-refractivity contribution < 1.29 is 33.0 Å². The van der Waals surface area contributed by atoms with Gasteiger partial charge in [-0.3, -0.25) is 19.2 Å². The number of sulfonamides is 1. The molecule has 0 radical (unpaired) electrons. The minimum Gasteiger partial charge on any atom is -0.506 e. The van der Waals surface area contributed by atoms with Gasteiger partial charge in [0.15, 0.2) is 0 Å². The molecular formula is C23H18N2O7S. The summed E-state index contributed by atoms with van der Waals surface area (Å²) in [6.45, 7) is 0.153. The third-order valence-electron chi connectivity index (χ3n) is 5.22. The molecule has 10 heteroatoms. The van der Waals surface area contributed by atoms with Crippen molar-refractivity contribution in [2.45, 2.75) is 11.3 Å². The van der Waals surface area contributed by atoms with Crippen molar-refractivity contribution in [1.29, 1.82) is 0 Å². The lowest BCUT2D eigenvalue weighted by atomic mass is 10.1. The van der Waals surface area contributed by atoms with Crippen molar-refractivity contribution in [3.63, 3.8) is 0 Å². The van der Waals surface area contributed by atoms with Crippen molar-refractivity contribution in [2.24, 2.45) is 0 Å². The Kier molecular flexibility index (Phi) is 5.60. The Hall–Kier alpha value is -4.18. The van der Waals surface area contributed by atoms with Crippen LogP contribution in [0.1, 0.15) is 36.6 Å². The lowest BCUT2D eigenvalue weighted by Gasteiger charge is -2.14. The molecular weight excluding hydrogens is 448 g/mol. The highest BCUT2D eigenvalue weighted by molar-refractivity contribution is 7.92. The van der Waals surface area contributed by atoms with E-state index in [4.69, 9.17) is 5.11 Å². The van der Waals surface area contributed by atoms with Crippen molar-refractivity contribution in [3.05, 3.63) is 89.0 Å². The van der Waals surface area contributed by atoms with Gasteiger partial charge in [0.2, 0.25) is 0 Å². The van der Waals surface area contributed by atoms with Gasteiger partial charge in [-0.05, 0) is 54.4 Å². The summed E-state index contributed by atoms with van der Waals surface area (Å²) in [7, 11) is -4.05. The quantitative estimate of drug-likeness (QED) is 0.359. The maximum Gasteiger partial charge on any atom is 0.335 e. The average molecular weight is 466 g/mol. The van der Waals surface area contributed by atoms with Crippen molar-refractivity contribution in [1.82, 2.24) is 4.90 Å². The summed E-state index contributed by atoms with van der Waals surface area (Å²) in [6, 6.07) is 15.7. The highest BCUT2D eigenvalue weighted by Gasteiger charge is 2.34. The molecule has 0 saturated carbocycles. The fourth-order valence-corrected chi connectivity index (χ4v) is 4.55. The number of amides is 2. The minimum atomic E-state index is -4.05. The first-order valence-electron chi connectivity index (χ1n) is 9.80. The van der Waals surface area contributed by atoms with E-state index >= 15 is 0 Å². The number of carboxylic acid groups (broad SMARTS) is 1. The Balaban J connectivity index is 1.43. The first-order chi connectivity index (χ1) is 15.7. The summed E-state index contributed by atoms with van der Waals surface area (Å²) in [6.07, 6.45) is 0.344. The number of nitrogens with zero attached hydrogens (tertiary/aromatic N) is 1. The summed E-state index contributed by atoms with van der Waals surface area (Å²) < 4.78 is 27.5. The molecule has 2 amide bonds. The third kappa shape index (κ3) is 4.28. The molecule has 3 aromatic rings. The summed E-state index contributed by atoms with van der Waals surface area (Å²) in [4.78, 5) is 36.9. The van der Waals surface area contributed by atoms with E-state index in [1.54, 1.807) is 36.4 Å². The molecule has 0 atom stereocenters. The monoisotopic (exact) mass is 466 g/mol. The molecule has 0 saturated heterocycles. The number of aromatic hydroxyl groups is 1. The van der Waals surface area contributed by atoms with Gasteiger partial charge in [-0.25, -0.2) is 13.2 Å². The zero-order valence-electron chi connectivity index (χ0n) is 17.1. The summed E-state index contributed by atoms with van der Waals surface area (Å²) in [5.41, 5.74) is 1.12. The van der Waals surface area contributed by atoms with Crippen LogP contribution in [0.4, 0.5) is 5.69 Å². The van der Waals surface area contributed by atoms with Gasteiger partial charge in [-0.15, -0.1) is 0 Å². The highest BCUT2D eigenvalue weighted by Crippen LogP contribution is 2.27. The van der Waals surface area contributed by atoms with E-state index in [2.05, 4.69) is 4.72 Å². The van der Waals surface area contributed by atoms with Crippen LogP contribution in [0.2, 0.25) is 0 Å². The number of carbonyl (C=O) groups excluding carboxylic acids is 2. The van der Waals surface area contributed by atoms with Gasteiger partial charge in [-0.1, -0.05) is 24.3 Å². The normalized spacial score (nSPS) is 13.2. The third-order valence-corrected chi connectivity index (χ3v) is 6.61. The average Bonchev–Trinajstić information content (AvgIpc) is 3.04. The van der Waals surface area contributed by atoms with Crippen LogP contribution in [0.3, 0.4) is 0 Å². The molecule has 3 N–H and O–H groups in total. The predicted molar refractivity (Wildman–Crippen MR) is 118 cm³/mol. The number of nitrogens with one attached hydrogen (secondary N) is 1. The molecule has 3 aromatic carbocycles. The van der Waals surface area contributed by atoms with E-state index in [-0.39, 0.29) is 34.5 Å². The van der Waals surface area contributed by atoms with Gasteiger partial charge in [-0.2, -0.15) is 0 Å². The molecule has 33 heavy (non-hydrogen) atoms. The standard InChI is InChI=1S/C23H18N2O7S/c26-20-13-15(23(29)30)7-10-19(20)24-33(31,32)16-8-5-14(6-9-16)11-12-25-21(27)17-3-1-2-4-18(17)22(25)28/h1-10,13,24,26H,11-12H2,(H,29,30). The summed E-state index contributed by atoms with van der Waals surface area (Å²) in [5, 5.41) is 18.9. The second kappa shape index (κ2) is 8.40. The number of phenols is 1. The number of fused-ring (bicyclic) bond motifs is 1. The van der Waals surface area contributed by atoms with Crippen LogP contribution in [0.25, 0.3) is 0 Å². The van der Waals surface area contributed by atoms with E-state index in [1.807, 2.05) is 0 Å². The van der Waals surface area contributed by atoms with E-state index in [9.17, 15) is 27.9 Å². The minimum absolute atomic E-state index is 0.0753. The number of carboxylic acids is 1. The Morgan fingerprint density at radius 3 is 2.06 bits per heavy atom.